The maximum atomic E-state index is 12.7. The van der Waals surface area contributed by atoms with E-state index in [4.69, 9.17) is 0 Å². The van der Waals surface area contributed by atoms with Crippen LogP contribution in [0.4, 0.5) is 34.1 Å². The zero-order chi connectivity index (χ0) is 35.9. The van der Waals surface area contributed by atoms with E-state index < -0.39 is 32.7 Å². The fourth-order valence-electron chi connectivity index (χ4n) is 4.35. The number of nitrogens with zero attached hydrogens (tertiary/aromatic N) is 6. The van der Waals surface area contributed by atoms with Gasteiger partial charge in [0.05, 0.1) is 32.6 Å². The fourth-order valence-corrected chi connectivity index (χ4v) is 5.12. The molecule has 14 nitrogen and oxygen atoms in total. The Balaban J connectivity index is 0.00000364. The average Bonchev–Trinajstić information content (AvgIpc) is 3.09. The van der Waals surface area contributed by atoms with Crippen molar-refractivity contribution in [2.75, 3.05) is 0 Å². The second kappa shape index (κ2) is 18.5. The summed E-state index contributed by atoms with van der Waals surface area (Å²) in [6.07, 6.45) is 4.75. The molecule has 0 saturated carbocycles. The molecule has 0 aliphatic heterocycles. The number of para-hydroxylation sites is 4. The Hall–Kier alpha value is -5.01. The predicted octanol–water partition coefficient (Wildman–Crippen LogP) is 6.32. The van der Waals surface area contributed by atoms with Gasteiger partial charge in [0, 0.05) is 45.9 Å². The molecule has 0 unspecified atom stereocenters. The molecular formula is C34H18Br2N6O8Zn2. The topological polar surface area (TPSA) is 228 Å². The van der Waals surface area contributed by atoms with Crippen LogP contribution in [-0.2, 0) is 39.0 Å². The van der Waals surface area contributed by atoms with Gasteiger partial charge in [-0.25, -0.2) is 0 Å². The number of hydrogen-bond donors (Lipinski definition) is 0. The summed E-state index contributed by atoms with van der Waals surface area (Å²) in [5.41, 5.74) is -0.821. The van der Waals surface area contributed by atoms with Crippen molar-refractivity contribution >= 4 is 90.8 Å². The third-order valence-corrected chi connectivity index (χ3v) is 8.13. The van der Waals surface area contributed by atoms with Crippen LogP contribution >= 0.6 is 31.9 Å². The average molecular weight is 929 g/mol. The molecule has 18 heteroatoms. The Labute approximate surface area is 337 Å². The summed E-state index contributed by atoms with van der Waals surface area (Å²) in [5, 5.41) is 73.4. The molecule has 0 spiro atoms. The zero-order valence-corrected chi connectivity index (χ0v) is 35.6. The van der Waals surface area contributed by atoms with Crippen molar-refractivity contribution in [3.05, 3.63) is 136 Å². The molecule has 0 bridgehead atoms. The molecule has 5 aromatic carbocycles. The van der Waals surface area contributed by atoms with Crippen molar-refractivity contribution in [2.24, 2.45) is 20.0 Å². The number of benzene rings is 5. The van der Waals surface area contributed by atoms with E-state index in [1.807, 2.05) is 0 Å². The van der Waals surface area contributed by atoms with E-state index in [0.717, 1.165) is 24.6 Å². The number of halogens is 2. The molecule has 0 atom stereocenters. The maximum Gasteiger partial charge on any atom is 2.00 e. The smallest absolute Gasteiger partial charge is 0.871 e. The van der Waals surface area contributed by atoms with Crippen LogP contribution in [0.2, 0.25) is 0 Å². The Bertz CT molecular complexity index is 2130. The van der Waals surface area contributed by atoms with Gasteiger partial charge < -0.3 is 20.4 Å². The Morgan fingerprint density at radius 2 is 0.731 bits per heavy atom. The van der Waals surface area contributed by atoms with Crippen LogP contribution < -0.4 is 20.4 Å². The molecule has 0 radical (unpaired) electrons. The molecule has 0 N–H and O–H groups in total. The largest absolute Gasteiger partial charge is 2.00 e. The molecule has 0 heterocycles. The first-order valence-electron chi connectivity index (χ1n) is 14.1. The van der Waals surface area contributed by atoms with Gasteiger partial charge in [0.15, 0.2) is 0 Å². The number of rotatable bonds is 10. The van der Waals surface area contributed by atoms with Gasteiger partial charge in [-0.3, -0.25) is 40.2 Å². The second-order valence-electron chi connectivity index (χ2n) is 10.1. The normalized spacial score (nSPS) is 11.3. The molecule has 0 saturated heterocycles. The van der Waals surface area contributed by atoms with Crippen molar-refractivity contribution < 1.29 is 69.2 Å². The first kappa shape index (κ1) is 41.4. The summed E-state index contributed by atoms with van der Waals surface area (Å²) >= 11 is 6.38. The zero-order valence-electron chi connectivity index (χ0n) is 26.5. The van der Waals surface area contributed by atoms with E-state index >= 15 is 0 Å². The Morgan fingerprint density at radius 3 is 1.02 bits per heavy atom. The first-order chi connectivity index (χ1) is 23.9. The number of aliphatic imine (C=N–C) groups is 4. The van der Waals surface area contributed by atoms with E-state index in [9.17, 15) is 40.7 Å². The number of nitro benzene ring substituents is 2. The molecule has 0 aliphatic rings. The standard InChI is InChI=1S/C34H22Br2N6O8.2Zn/c35-23-9-1-5-19(31(23)43)15-37-25-13-26(38-16-20-6-2-10-24(36)32(20)44)28(40-18-22-8-4-12-30(34(22)46)42(49)50)14-27(25)39-17-21-7-3-11-29(33(21)45)41(47)48;;/h1-18,43-46H;;/q;2*+2/p-4. The van der Waals surface area contributed by atoms with Crippen LogP contribution in [0.15, 0.2) is 114 Å². The molecule has 0 amide bonds. The first-order valence-corrected chi connectivity index (χ1v) is 15.7. The molecule has 0 fully saturated rings. The van der Waals surface area contributed by atoms with Crippen LogP contribution in [-0.4, -0.2) is 34.7 Å². The second-order valence-corrected chi connectivity index (χ2v) is 11.8. The summed E-state index contributed by atoms with van der Waals surface area (Å²) < 4.78 is 0.592. The van der Waals surface area contributed by atoms with E-state index in [-0.39, 0.29) is 95.5 Å². The van der Waals surface area contributed by atoms with Gasteiger partial charge in [-0.1, -0.05) is 91.9 Å². The van der Waals surface area contributed by atoms with E-state index in [1.54, 1.807) is 24.3 Å². The Kier molecular flexibility index (Phi) is 14.7. The molecule has 0 aromatic heterocycles. The van der Waals surface area contributed by atoms with Crippen molar-refractivity contribution in [1.82, 2.24) is 0 Å². The predicted molar refractivity (Wildman–Crippen MR) is 188 cm³/mol. The van der Waals surface area contributed by atoms with Gasteiger partial charge >= 0.3 is 39.0 Å². The fraction of sp³-hybridized carbons (Fsp3) is 0. The molecule has 52 heavy (non-hydrogen) atoms. The maximum absolute atomic E-state index is 12.7. The van der Waals surface area contributed by atoms with Gasteiger partial charge in [-0.05, 0) is 58.0 Å². The Morgan fingerprint density at radius 1 is 0.462 bits per heavy atom. The van der Waals surface area contributed by atoms with Crippen LogP contribution in [0, 0.1) is 20.2 Å². The third-order valence-electron chi connectivity index (χ3n) is 6.88. The van der Waals surface area contributed by atoms with Gasteiger partial charge in [-0.2, -0.15) is 0 Å². The van der Waals surface area contributed by atoms with Crippen LogP contribution in [0.25, 0.3) is 0 Å². The number of nitro groups is 2. The summed E-state index contributed by atoms with van der Waals surface area (Å²) in [5.74, 6) is -2.47. The summed E-state index contributed by atoms with van der Waals surface area (Å²) in [4.78, 5) is 38.7. The van der Waals surface area contributed by atoms with Gasteiger partial charge in [0.25, 0.3) is 11.4 Å². The van der Waals surface area contributed by atoms with Crippen molar-refractivity contribution in [3.8, 4) is 23.0 Å². The van der Waals surface area contributed by atoms with Gasteiger partial charge in [0.2, 0.25) is 0 Å². The molecule has 5 rings (SSSR count). The summed E-state index contributed by atoms with van der Waals surface area (Å²) in [6.45, 7) is 0. The van der Waals surface area contributed by atoms with Crippen molar-refractivity contribution in [2.45, 2.75) is 0 Å². The minimum atomic E-state index is -0.882. The number of hydrogen-bond acceptors (Lipinski definition) is 12. The van der Waals surface area contributed by atoms with E-state index in [1.165, 1.54) is 61.0 Å². The minimum Gasteiger partial charge on any atom is -0.871 e. The van der Waals surface area contributed by atoms with Crippen LogP contribution in [0.1, 0.15) is 22.3 Å². The molecule has 0 aliphatic carbocycles. The van der Waals surface area contributed by atoms with Crippen LogP contribution in [0.3, 0.4) is 0 Å². The van der Waals surface area contributed by atoms with Crippen LogP contribution in [0.5, 0.6) is 23.0 Å². The minimum absolute atomic E-state index is 0. The SMILES string of the molecule is O=[N+]([O-])c1cccc(C=Nc2cc(N=Cc3cccc([N+](=O)[O-])c3[O-])c(N=Cc3cccc(Br)c3[O-])cc2N=Cc2cccc(Br)c2[O-])c1[O-].[Zn+2].[Zn+2]. The van der Waals surface area contributed by atoms with E-state index in [2.05, 4.69) is 51.8 Å². The quantitative estimate of drug-likeness (QED) is 0.0665. The van der Waals surface area contributed by atoms with Gasteiger partial charge in [-0.15, -0.1) is 0 Å². The summed E-state index contributed by atoms with van der Waals surface area (Å²) in [7, 11) is 0. The van der Waals surface area contributed by atoms with E-state index in [0.29, 0.717) is 8.95 Å². The van der Waals surface area contributed by atoms with Crippen molar-refractivity contribution in [3.63, 3.8) is 0 Å². The monoisotopic (exact) mass is 924 g/mol. The molecular weight excluding hydrogens is 911 g/mol. The summed E-state index contributed by atoms with van der Waals surface area (Å²) in [6, 6.07) is 19.7. The third kappa shape index (κ3) is 9.65. The molecule has 250 valence electrons. The van der Waals surface area contributed by atoms with Crippen molar-refractivity contribution in [1.29, 1.82) is 0 Å². The molecule has 5 aromatic rings. The van der Waals surface area contributed by atoms with Gasteiger partial charge in [0.1, 0.15) is 0 Å².